The highest BCUT2D eigenvalue weighted by atomic mass is 16.3. The van der Waals surface area contributed by atoms with Gasteiger partial charge in [-0.2, -0.15) is 0 Å². The molecule has 0 aromatic carbocycles. The zero-order chi connectivity index (χ0) is 10.3. The molecule has 2 heteroatoms. The van der Waals surface area contributed by atoms with E-state index in [1.807, 2.05) is 18.2 Å². The molecule has 0 spiro atoms. The predicted molar refractivity (Wildman–Crippen MR) is 59.8 cm³/mol. The Hall–Kier alpha value is -1.96. The van der Waals surface area contributed by atoms with Gasteiger partial charge in [0.15, 0.2) is 0 Å². The first-order valence-electron chi connectivity index (χ1n) is 4.96. The molecule has 3 heterocycles. The summed E-state index contributed by atoms with van der Waals surface area (Å²) in [5.74, 6) is 0.918. The normalized spacial score (nSPS) is 11.0. The molecule has 0 aliphatic rings. The number of aromatic nitrogens is 1. The molecule has 0 radical (unpaired) electrons. The van der Waals surface area contributed by atoms with E-state index >= 15 is 0 Å². The number of nitrogens with zero attached hydrogens (tertiary/aromatic N) is 1. The van der Waals surface area contributed by atoms with Gasteiger partial charge in [-0.05, 0) is 43.3 Å². The molecule has 0 amide bonds. The zero-order valence-electron chi connectivity index (χ0n) is 8.47. The van der Waals surface area contributed by atoms with Gasteiger partial charge in [-0.1, -0.05) is 0 Å². The molecule has 0 saturated carbocycles. The van der Waals surface area contributed by atoms with E-state index in [2.05, 4.69) is 35.7 Å². The Balaban J connectivity index is 2.29. The third-order valence-electron chi connectivity index (χ3n) is 2.63. The number of rotatable bonds is 1. The summed E-state index contributed by atoms with van der Waals surface area (Å²) in [4.78, 5) is 0. The van der Waals surface area contributed by atoms with Crippen LogP contribution in [0.4, 0.5) is 0 Å². The molecule has 15 heavy (non-hydrogen) atoms. The summed E-state index contributed by atoms with van der Waals surface area (Å²) in [5.41, 5.74) is 3.54. The number of aryl methyl sites for hydroxylation is 1. The van der Waals surface area contributed by atoms with Gasteiger partial charge >= 0.3 is 0 Å². The van der Waals surface area contributed by atoms with E-state index in [9.17, 15) is 0 Å². The Bertz CT molecular complexity index is 590. The minimum atomic E-state index is 0.918. The van der Waals surface area contributed by atoms with Crippen molar-refractivity contribution in [2.24, 2.45) is 0 Å². The zero-order valence-corrected chi connectivity index (χ0v) is 8.47. The lowest BCUT2D eigenvalue weighted by Gasteiger charge is -2.04. The highest BCUT2D eigenvalue weighted by Crippen LogP contribution is 2.23. The maximum atomic E-state index is 5.39. The molecule has 74 valence electrons. The fraction of sp³-hybridized carbons (Fsp3) is 0.0769. The van der Waals surface area contributed by atoms with Gasteiger partial charge in [0, 0.05) is 23.0 Å². The van der Waals surface area contributed by atoms with E-state index in [4.69, 9.17) is 4.42 Å². The van der Waals surface area contributed by atoms with Crippen molar-refractivity contribution in [2.45, 2.75) is 6.92 Å². The van der Waals surface area contributed by atoms with Crippen LogP contribution in [0, 0.1) is 6.92 Å². The average molecular weight is 197 g/mol. The lowest BCUT2D eigenvalue weighted by atomic mass is 10.1. The molecule has 2 nitrogen and oxygen atoms in total. The monoisotopic (exact) mass is 197 g/mol. The second-order valence-electron chi connectivity index (χ2n) is 3.67. The van der Waals surface area contributed by atoms with Crippen LogP contribution in [0.5, 0.6) is 0 Å². The third kappa shape index (κ3) is 1.26. The van der Waals surface area contributed by atoms with Gasteiger partial charge in [0.05, 0.1) is 6.26 Å². The van der Waals surface area contributed by atoms with Crippen molar-refractivity contribution in [1.82, 2.24) is 4.40 Å². The van der Waals surface area contributed by atoms with E-state index in [0.717, 1.165) is 11.3 Å². The average Bonchev–Trinajstić information content (AvgIpc) is 2.88. The SMILES string of the molecule is Cc1cc(-c2ccco2)cc2cccn12. The molecule has 3 aromatic heterocycles. The van der Waals surface area contributed by atoms with Crippen molar-refractivity contribution in [1.29, 1.82) is 0 Å². The van der Waals surface area contributed by atoms with E-state index in [-0.39, 0.29) is 0 Å². The van der Waals surface area contributed by atoms with Crippen LogP contribution in [0.3, 0.4) is 0 Å². The van der Waals surface area contributed by atoms with Crippen molar-refractivity contribution in [2.75, 3.05) is 0 Å². The summed E-state index contributed by atoms with van der Waals surface area (Å²) in [6.07, 6.45) is 3.77. The highest BCUT2D eigenvalue weighted by molar-refractivity contribution is 5.66. The molecule has 0 saturated heterocycles. The van der Waals surface area contributed by atoms with Crippen LogP contribution in [0.25, 0.3) is 16.8 Å². The maximum Gasteiger partial charge on any atom is 0.133 e. The summed E-state index contributed by atoms with van der Waals surface area (Å²) in [6.45, 7) is 2.10. The van der Waals surface area contributed by atoms with Crippen molar-refractivity contribution in [3.63, 3.8) is 0 Å². The van der Waals surface area contributed by atoms with Gasteiger partial charge in [-0.25, -0.2) is 0 Å². The largest absolute Gasteiger partial charge is 0.464 e. The fourth-order valence-electron chi connectivity index (χ4n) is 1.91. The van der Waals surface area contributed by atoms with Crippen LogP contribution in [0.2, 0.25) is 0 Å². The van der Waals surface area contributed by atoms with E-state index in [1.165, 1.54) is 11.2 Å². The van der Waals surface area contributed by atoms with Gasteiger partial charge in [-0.3, -0.25) is 0 Å². The lowest BCUT2D eigenvalue weighted by molar-refractivity contribution is 0.582. The lowest BCUT2D eigenvalue weighted by Crippen LogP contribution is -1.89. The first kappa shape index (κ1) is 8.36. The van der Waals surface area contributed by atoms with Gasteiger partial charge < -0.3 is 8.82 Å². The van der Waals surface area contributed by atoms with Crippen LogP contribution >= 0.6 is 0 Å². The standard InChI is InChI=1S/C13H11NO/c1-10-8-11(13-5-3-7-15-13)9-12-4-2-6-14(10)12/h2-9H,1H3. The maximum absolute atomic E-state index is 5.39. The summed E-state index contributed by atoms with van der Waals surface area (Å²) >= 11 is 0. The Kier molecular flexibility index (Phi) is 1.68. The number of pyridine rings is 1. The second kappa shape index (κ2) is 3.02. The van der Waals surface area contributed by atoms with Crippen molar-refractivity contribution < 1.29 is 4.42 Å². The summed E-state index contributed by atoms with van der Waals surface area (Å²) in [7, 11) is 0. The smallest absolute Gasteiger partial charge is 0.133 e. The Morgan fingerprint density at radius 3 is 2.87 bits per heavy atom. The van der Waals surface area contributed by atoms with Crippen molar-refractivity contribution >= 4 is 5.52 Å². The quantitative estimate of drug-likeness (QED) is 0.583. The highest BCUT2D eigenvalue weighted by Gasteiger charge is 2.04. The Labute approximate surface area is 87.8 Å². The molecule has 0 N–H and O–H groups in total. The minimum Gasteiger partial charge on any atom is -0.464 e. The molecule has 3 rings (SSSR count). The van der Waals surface area contributed by atoms with Crippen LogP contribution < -0.4 is 0 Å². The van der Waals surface area contributed by atoms with Crippen molar-refractivity contribution in [3.05, 3.63) is 54.6 Å². The van der Waals surface area contributed by atoms with Crippen LogP contribution in [0.15, 0.2) is 53.3 Å². The minimum absolute atomic E-state index is 0.918. The predicted octanol–water partition coefficient (Wildman–Crippen LogP) is 3.51. The molecule has 0 fully saturated rings. The summed E-state index contributed by atoms with van der Waals surface area (Å²) in [5, 5.41) is 0. The Morgan fingerprint density at radius 1 is 1.13 bits per heavy atom. The van der Waals surface area contributed by atoms with Gasteiger partial charge in [-0.15, -0.1) is 0 Å². The summed E-state index contributed by atoms with van der Waals surface area (Å²) in [6, 6.07) is 12.3. The van der Waals surface area contributed by atoms with Crippen LogP contribution in [-0.4, -0.2) is 4.40 Å². The number of hydrogen-bond donors (Lipinski definition) is 0. The molecular formula is C13H11NO. The fourth-order valence-corrected chi connectivity index (χ4v) is 1.91. The first-order valence-corrected chi connectivity index (χ1v) is 4.96. The van der Waals surface area contributed by atoms with Gasteiger partial charge in [0.25, 0.3) is 0 Å². The second-order valence-corrected chi connectivity index (χ2v) is 3.67. The molecular weight excluding hydrogens is 186 g/mol. The van der Waals surface area contributed by atoms with Gasteiger partial charge in [0.1, 0.15) is 5.76 Å². The third-order valence-corrected chi connectivity index (χ3v) is 2.63. The van der Waals surface area contributed by atoms with Crippen LogP contribution in [0.1, 0.15) is 5.69 Å². The van der Waals surface area contributed by atoms with E-state index in [1.54, 1.807) is 6.26 Å². The molecule has 0 unspecified atom stereocenters. The van der Waals surface area contributed by atoms with Crippen LogP contribution in [-0.2, 0) is 0 Å². The van der Waals surface area contributed by atoms with Crippen molar-refractivity contribution in [3.8, 4) is 11.3 Å². The molecule has 0 aliphatic heterocycles. The first-order chi connectivity index (χ1) is 7.34. The van der Waals surface area contributed by atoms with Gasteiger partial charge in [0.2, 0.25) is 0 Å². The molecule has 0 atom stereocenters. The number of furan rings is 1. The Morgan fingerprint density at radius 2 is 2.07 bits per heavy atom. The number of hydrogen-bond acceptors (Lipinski definition) is 1. The summed E-state index contributed by atoms with van der Waals surface area (Å²) < 4.78 is 7.55. The van der Waals surface area contributed by atoms with E-state index < -0.39 is 0 Å². The molecule has 0 bridgehead atoms. The molecule has 3 aromatic rings. The molecule has 0 aliphatic carbocycles. The van der Waals surface area contributed by atoms with E-state index in [0.29, 0.717) is 0 Å². The number of fused-ring (bicyclic) bond motifs is 1. The topological polar surface area (TPSA) is 17.6 Å².